The van der Waals surface area contributed by atoms with E-state index >= 15 is 0 Å². The molecule has 1 fully saturated rings. The van der Waals surface area contributed by atoms with E-state index in [2.05, 4.69) is 20.8 Å². The van der Waals surface area contributed by atoms with Crippen LogP contribution in [-0.2, 0) is 29.2 Å². The SMILES string of the molecule is COC(=O)[C@@H]1C[C@@H]2C(c3nc4cc(C(C)(C)C)ccc4o3)=C[C@H]1C(=O)C2(OC)OC. The van der Waals surface area contributed by atoms with Crippen LogP contribution < -0.4 is 0 Å². The average Bonchev–Trinajstić information content (AvgIpc) is 3.16. The third-order valence-electron chi connectivity index (χ3n) is 6.37. The number of Topliss-reactive ketones (excluding diaryl/α,β-unsaturated/α-hetero) is 1. The highest BCUT2D eigenvalue weighted by Crippen LogP contribution is 2.53. The minimum Gasteiger partial charge on any atom is -0.469 e. The fourth-order valence-corrected chi connectivity index (χ4v) is 4.68. The van der Waals surface area contributed by atoms with Crippen LogP contribution in [0.15, 0.2) is 28.7 Å². The van der Waals surface area contributed by atoms with E-state index in [1.807, 2.05) is 18.2 Å². The molecule has 160 valence electrons. The van der Waals surface area contributed by atoms with Crippen molar-refractivity contribution in [2.24, 2.45) is 17.8 Å². The number of ether oxygens (including phenoxy) is 3. The van der Waals surface area contributed by atoms with Gasteiger partial charge in [0.2, 0.25) is 11.7 Å². The lowest BCUT2D eigenvalue weighted by Crippen LogP contribution is -2.61. The Bertz CT molecular complexity index is 1040. The number of hydrogen-bond donors (Lipinski definition) is 0. The van der Waals surface area contributed by atoms with Crippen molar-refractivity contribution >= 4 is 28.4 Å². The normalized spacial score (nSPS) is 25.5. The number of aromatic nitrogens is 1. The van der Waals surface area contributed by atoms with E-state index in [4.69, 9.17) is 23.6 Å². The second-order valence-electron chi connectivity index (χ2n) is 8.96. The Labute approximate surface area is 175 Å². The fraction of sp³-hybridized carbons (Fsp3) is 0.522. The first-order valence-electron chi connectivity index (χ1n) is 10.0. The number of oxazole rings is 1. The molecule has 0 unspecified atom stereocenters. The lowest BCUT2D eigenvalue weighted by molar-refractivity contribution is -0.238. The maximum Gasteiger partial charge on any atom is 0.309 e. The number of rotatable bonds is 4. The summed E-state index contributed by atoms with van der Waals surface area (Å²) >= 11 is 0. The van der Waals surface area contributed by atoms with Gasteiger partial charge in [0.15, 0.2) is 11.4 Å². The van der Waals surface area contributed by atoms with Crippen LogP contribution in [0, 0.1) is 17.8 Å². The highest BCUT2D eigenvalue weighted by Gasteiger charge is 2.62. The van der Waals surface area contributed by atoms with Gasteiger partial charge in [-0.25, -0.2) is 4.98 Å². The Morgan fingerprint density at radius 1 is 1.20 bits per heavy atom. The van der Waals surface area contributed by atoms with Gasteiger partial charge in [0.05, 0.1) is 24.9 Å². The highest BCUT2D eigenvalue weighted by atomic mass is 16.7. The minimum atomic E-state index is -1.48. The lowest BCUT2D eigenvalue weighted by Gasteiger charge is -2.48. The molecule has 1 aromatic carbocycles. The maximum absolute atomic E-state index is 13.2. The zero-order valence-electron chi connectivity index (χ0n) is 18.1. The summed E-state index contributed by atoms with van der Waals surface area (Å²) in [6, 6.07) is 5.97. The summed E-state index contributed by atoms with van der Waals surface area (Å²) in [5.41, 5.74) is 3.26. The van der Waals surface area contributed by atoms with E-state index < -0.39 is 29.5 Å². The summed E-state index contributed by atoms with van der Waals surface area (Å²) in [5.74, 6) is -3.60. The molecule has 1 saturated carbocycles. The molecule has 0 amide bonds. The highest BCUT2D eigenvalue weighted by molar-refractivity contribution is 6.00. The monoisotopic (exact) mass is 413 g/mol. The lowest BCUT2D eigenvalue weighted by atomic mass is 9.61. The Balaban J connectivity index is 1.83. The van der Waals surface area contributed by atoms with Gasteiger partial charge in [0, 0.05) is 19.8 Å². The predicted octanol–water partition coefficient (Wildman–Crippen LogP) is 3.51. The van der Waals surface area contributed by atoms with Gasteiger partial charge in [-0.2, -0.15) is 0 Å². The van der Waals surface area contributed by atoms with Crippen LogP contribution in [0.2, 0.25) is 0 Å². The second kappa shape index (κ2) is 7.03. The number of fused-ring (bicyclic) bond motifs is 3. The van der Waals surface area contributed by atoms with Gasteiger partial charge < -0.3 is 18.6 Å². The quantitative estimate of drug-likeness (QED) is 0.560. The largest absolute Gasteiger partial charge is 0.469 e. The molecule has 5 rings (SSSR count). The van der Waals surface area contributed by atoms with E-state index in [-0.39, 0.29) is 11.2 Å². The van der Waals surface area contributed by atoms with Gasteiger partial charge in [0.25, 0.3) is 0 Å². The Hall–Kier alpha value is -2.51. The van der Waals surface area contributed by atoms with Crippen molar-refractivity contribution in [2.75, 3.05) is 21.3 Å². The number of carbonyl (C=O) groups is 2. The van der Waals surface area contributed by atoms with Crippen LogP contribution in [0.1, 0.15) is 38.6 Å². The second-order valence-corrected chi connectivity index (χ2v) is 8.96. The van der Waals surface area contributed by atoms with Crippen molar-refractivity contribution in [3.63, 3.8) is 0 Å². The Kier molecular flexibility index (Phi) is 4.86. The molecule has 30 heavy (non-hydrogen) atoms. The van der Waals surface area contributed by atoms with Crippen molar-refractivity contribution in [3.8, 4) is 0 Å². The van der Waals surface area contributed by atoms with E-state index in [9.17, 15) is 9.59 Å². The van der Waals surface area contributed by atoms with Gasteiger partial charge in [0.1, 0.15) is 5.52 Å². The molecule has 3 atom stereocenters. The first kappa shape index (κ1) is 20.8. The first-order chi connectivity index (χ1) is 14.2. The molecule has 1 aromatic heterocycles. The molecule has 0 saturated heterocycles. The minimum absolute atomic E-state index is 0.0160. The summed E-state index contributed by atoms with van der Waals surface area (Å²) in [7, 11) is 4.20. The molecule has 7 nitrogen and oxygen atoms in total. The van der Waals surface area contributed by atoms with Crippen LogP contribution >= 0.6 is 0 Å². The topological polar surface area (TPSA) is 87.9 Å². The first-order valence-corrected chi connectivity index (χ1v) is 10.0. The fourth-order valence-electron chi connectivity index (χ4n) is 4.68. The maximum atomic E-state index is 13.2. The summed E-state index contributed by atoms with van der Waals surface area (Å²) in [6.45, 7) is 6.42. The number of allylic oxidation sites excluding steroid dienone is 1. The molecule has 3 aliphatic carbocycles. The smallest absolute Gasteiger partial charge is 0.309 e. The Morgan fingerprint density at radius 2 is 1.90 bits per heavy atom. The molecule has 3 aliphatic rings. The van der Waals surface area contributed by atoms with E-state index in [0.717, 1.165) is 16.7 Å². The predicted molar refractivity (Wildman–Crippen MR) is 110 cm³/mol. The van der Waals surface area contributed by atoms with E-state index in [0.29, 0.717) is 17.9 Å². The number of carbonyl (C=O) groups excluding carboxylic acids is 2. The van der Waals surface area contributed by atoms with Crippen molar-refractivity contribution < 1.29 is 28.2 Å². The van der Waals surface area contributed by atoms with E-state index in [1.54, 1.807) is 6.08 Å². The van der Waals surface area contributed by atoms with Crippen molar-refractivity contribution in [1.82, 2.24) is 4.98 Å². The third-order valence-corrected chi connectivity index (χ3v) is 6.37. The summed E-state index contributed by atoms with van der Waals surface area (Å²) in [5, 5.41) is 0. The zero-order chi connectivity index (χ0) is 21.8. The summed E-state index contributed by atoms with van der Waals surface area (Å²) in [4.78, 5) is 30.1. The van der Waals surface area contributed by atoms with Crippen molar-refractivity contribution in [1.29, 1.82) is 0 Å². The van der Waals surface area contributed by atoms with Crippen molar-refractivity contribution in [3.05, 3.63) is 35.7 Å². The number of hydrogen-bond acceptors (Lipinski definition) is 7. The van der Waals surface area contributed by atoms with Crippen LogP contribution in [-0.4, -0.2) is 43.9 Å². The Morgan fingerprint density at radius 3 is 2.50 bits per heavy atom. The molecule has 7 heteroatoms. The molecular formula is C23H27NO6. The number of ketones is 1. The zero-order valence-corrected chi connectivity index (χ0v) is 18.1. The molecule has 0 aliphatic heterocycles. The number of nitrogens with zero attached hydrogens (tertiary/aromatic N) is 1. The molecule has 0 spiro atoms. The molecule has 2 bridgehead atoms. The molecule has 1 heterocycles. The number of benzene rings is 1. The van der Waals surface area contributed by atoms with E-state index in [1.165, 1.54) is 21.3 Å². The molecule has 0 radical (unpaired) electrons. The van der Waals surface area contributed by atoms with Crippen molar-refractivity contribution in [2.45, 2.75) is 38.4 Å². The van der Waals surface area contributed by atoms with Crippen LogP contribution in [0.3, 0.4) is 0 Å². The molecule has 2 aromatic rings. The standard InChI is InChI=1S/C23H27NO6/c1-22(2,3)12-7-8-18-17(9-12)24-20(30-18)15-10-13-14(21(26)27-4)11-16(15)23(28-5,29-6)19(13)25/h7-10,13-14,16H,11H2,1-6H3/t13-,14-,16-/m1/s1. The van der Waals surface area contributed by atoms with Gasteiger partial charge in [-0.05, 0) is 29.5 Å². The van der Waals surface area contributed by atoms with Gasteiger partial charge in [-0.3, -0.25) is 9.59 Å². The number of methoxy groups -OCH3 is 3. The molecule has 0 N–H and O–H groups in total. The number of esters is 1. The van der Waals surface area contributed by atoms with Gasteiger partial charge in [-0.15, -0.1) is 0 Å². The van der Waals surface area contributed by atoms with Crippen LogP contribution in [0.5, 0.6) is 0 Å². The van der Waals surface area contributed by atoms with Crippen LogP contribution in [0.25, 0.3) is 16.7 Å². The molecular weight excluding hydrogens is 386 g/mol. The average molecular weight is 413 g/mol. The third kappa shape index (κ3) is 2.91. The van der Waals surface area contributed by atoms with Gasteiger partial charge in [-0.1, -0.05) is 32.9 Å². The summed E-state index contributed by atoms with van der Waals surface area (Å²) in [6.07, 6.45) is 2.12. The summed E-state index contributed by atoms with van der Waals surface area (Å²) < 4.78 is 22.2. The van der Waals surface area contributed by atoms with Crippen LogP contribution in [0.4, 0.5) is 0 Å². The van der Waals surface area contributed by atoms with Gasteiger partial charge >= 0.3 is 5.97 Å².